The minimum absolute atomic E-state index is 0.0143. The molecule has 220 valence electrons. The minimum atomic E-state index is -0.138. The summed E-state index contributed by atoms with van der Waals surface area (Å²) < 4.78 is 21.5. The molecule has 2 heterocycles. The third-order valence-corrected chi connectivity index (χ3v) is 11.0. The van der Waals surface area contributed by atoms with Gasteiger partial charge in [0, 0.05) is 48.6 Å². The van der Waals surface area contributed by atoms with E-state index in [2.05, 4.69) is 40.8 Å². The van der Waals surface area contributed by atoms with Crippen molar-refractivity contribution in [1.82, 2.24) is 4.72 Å². The molecule has 2 aromatic carbocycles. The van der Waals surface area contributed by atoms with Crippen LogP contribution in [0.3, 0.4) is 0 Å². The van der Waals surface area contributed by atoms with Gasteiger partial charge in [-0.05, 0) is 111 Å². The number of benzene rings is 2. The predicted molar refractivity (Wildman–Crippen MR) is 166 cm³/mol. The van der Waals surface area contributed by atoms with Gasteiger partial charge in [0.2, 0.25) is 0 Å². The Morgan fingerprint density at radius 3 is 2.80 bits per heavy atom. The smallest absolute Gasteiger partial charge is 0.261 e. The molecule has 1 spiro atoms. The van der Waals surface area contributed by atoms with E-state index in [-0.39, 0.29) is 28.8 Å². The lowest BCUT2D eigenvalue weighted by atomic mass is 9.68. The second-order valence-electron chi connectivity index (χ2n) is 12.2. The Hall–Kier alpha value is -2.19. The van der Waals surface area contributed by atoms with Gasteiger partial charge in [-0.2, -0.15) is 0 Å². The molecule has 0 saturated heterocycles. The van der Waals surface area contributed by atoms with Crippen molar-refractivity contribution in [3.63, 3.8) is 0 Å². The molecule has 0 radical (unpaired) electrons. The fourth-order valence-electron chi connectivity index (χ4n) is 7.30. The molecule has 0 unspecified atom stereocenters. The van der Waals surface area contributed by atoms with Crippen LogP contribution in [0.5, 0.6) is 5.75 Å². The summed E-state index contributed by atoms with van der Waals surface area (Å²) in [6.07, 6.45) is 10.8. The Morgan fingerprint density at radius 2 is 2.02 bits per heavy atom. The Bertz CT molecular complexity index is 1300. The zero-order valence-electron chi connectivity index (χ0n) is 24.2. The van der Waals surface area contributed by atoms with E-state index in [0.29, 0.717) is 24.0 Å². The average molecular weight is 597 g/mol. The summed E-state index contributed by atoms with van der Waals surface area (Å²) >= 11 is 7.84. The van der Waals surface area contributed by atoms with Gasteiger partial charge in [-0.1, -0.05) is 29.8 Å². The van der Waals surface area contributed by atoms with Gasteiger partial charge in [0.05, 0.1) is 24.5 Å². The van der Waals surface area contributed by atoms with E-state index < -0.39 is 0 Å². The average Bonchev–Trinajstić information content (AvgIpc) is 3.11. The molecule has 8 heteroatoms. The number of nitrogens with zero attached hydrogens (tertiary/aromatic N) is 1. The molecule has 2 aliphatic heterocycles. The number of hydrogen-bond acceptors (Lipinski definition) is 6. The van der Waals surface area contributed by atoms with Crippen LogP contribution in [0.25, 0.3) is 0 Å². The van der Waals surface area contributed by atoms with Gasteiger partial charge in [-0.3, -0.25) is 9.52 Å². The van der Waals surface area contributed by atoms with Crippen LogP contribution < -0.4 is 14.4 Å². The number of fused-ring (bicyclic) bond motifs is 4. The maximum Gasteiger partial charge on any atom is 0.261 e. The van der Waals surface area contributed by atoms with Gasteiger partial charge >= 0.3 is 0 Å². The highest BCUT2D eigenvalue weighted by Crippen LogP contribution is 2.47. The van der Waals surface area contributed by atoms with Crippen molar-refractivity contribution in [2.75, 3.05) is 38.8 Å². The van der Waals surface area contributed by atoms with Gasteiger partial charge in [0.25, 0.3) is 5.91 Å². The third kappa shape index (κ3) is 5.75. The van der Waals surface area contributed by atoms with Crippen molar-refractivity contribution in [3.05, 3.63) is 70.3 Å². The highest BCUT2D eigenvalue weighted by molar-refractivity contribution is 7.98. The number of halogens is 1. The van der Waals surface area contributed by atoms with Crippen LogP contribution in [-0.2, 0) is 21.3 Å². The fraction of sp³-hybridized carbons (Fsp3) is 0.545. The number of aryl methyl sites for hydroxylation is 1. The van der Waals surface area contributed by atoms with E-state index in [1.807, 2.05) is 31.4 Å². The Labute approximate surface area is 253 Å². The summed E-state index contributed by atoms with van der Waals surface area (Å²) in [6, 6.07) is 12.3. The van der Waals surface area contributed by atoms with Gasteiger partial charge in [-0.25, -0.2) is 0 Å². The summed E-state index contributed by atoms with van der Waals surface area (Å²) in [4.78, 5) is 15.9. The van der Waals surface area contributed by atoms with Crippen LogP contribution in [0.15, 0.2) is 48.6 Å². The minimum Gasteiger partial charge on any atom is -0.490 e. The number of carbonyl (C=O) groups excluding carboxylic acids is 1. The van der Waals surface area contributed by atoms with E-state index in [4.69, 9.17) is 25.8 Å². The standard InChI is InChI=1S/C33H41ClN2O4S/c1-21-29(38-2)7-4-8-30(39-3)26-12-9-24(26)18-36-19-33(15-5-6-22-16-25(34)11-13-27(22)33)20-40-31-14-10-23(17-28(31)36)32(37)35-41-21/h4,8,10-11,13-14,16-17,21,24,26,29-30H,5-7,9,12,15,18-20H2,1-3H3,(H,35,37)/b8-4-/t21-,24-,26+,29-,30-,33-/m0/s1. The molecule has 1 fully saturated rings. The normalized spacial score (nSPS) is 32.5. The first-order valence-electron chi connectivity index (χ1n) is 14.9. The number of methoxy groups -OCH3 is 2. The highest BCUT2D eigenvalue weighted by Gasteiger charge is 2.44. The quantitative estimate of drug-likeness (QED) is 0.312. The summed E-state index contributed by atoms with van der Waals surface area (Å²) in [5.74, 6) is 1.68. The molecule has 41 heavy (non-hydrogen) atoms. The van der Waals surface area contributed by atoms with Crippen LogP contribution in [0, 0.1) is 11.8 Å². The third-order valence-electron chi connectivity index (χ3n) is 9.78. The molecule has 1 N–H and O–H groups in total. The molecule has 6 atom stereocenters. The van der Waals surface area contributed by atoms with Gasteiger partial charge < -0.3 is 19.1 Å². The van der Waals surface area contributed by atoms with Crippen LogP contribution in [-0.4, -0.2) is 57.3 Å². The summed E-state index contributed by atoms with van der Waals surface area (Å²) in [5, 5.41) is 0.874. The van der Waals surface area contributed by atoms with Gasteiger partial charge in [0.15, 0.2) is 0 Å². The van der Waals surface area contributed by atoms with Crippen LogP contribution >= 0.6 is 23.5 Å². The largest absolute Gasteiger partial charge is 0.490 e. The predicted octanol–water partition coefficient (Wildman–Crippen LogP) is 6.60. The molecular weight excluding hydrogens is 556 g/mol. The van der Waals surface area contributed by atoms with E-state index in [9.17, 15) is 4.79 Å². The lowest BCUT2D eigenvalue weighted by molar-refractivity contribution is 0.0129. The SMILES string of the molecule is CO[C@H]1/C=C\C[C@H](OC)[C@H](C)SNC(=O)c2ccc3c(c2)N(C[C@@H]2CC[C@H]21)C[C@@]1(CCCc2cc(Cl)ccc21)CO3. The molecule has 1 amide bonds. The lowest BCUT2D eigenvalue weighted by Gasteiger charge is -2.46. The number of nitrogens with one attached hydrogen (secondary N) is 1. The monoisotopic (exact) mass is 596 g/mol. The van der Waals surface area contributed by atoms with Crippen molar-refractivity contribution in [3.8, 4) is 5.75 Å². The number of hydrogen-bond donors (Lipinski definition) is 1. The van der Waals surface area contributed by atoms with Crippen molar-refractivity contribution in [1.29, 1.82) is 0 Å². The zero-order chi connectivity index (χ0) is 28.6. The van der Waals surface area contributed by atoms with Crippen molar-refractivity contribution >= 4 is 35.1 Å². The van der Waals surface area contributed by atoms with Crippen molar-refractivity contribution < 1.29 is 19.0 Å². The topological polar surface area (TPSA) is 60.0 Å². The number of anilines is 1. The zero-order valence-corrected chi connectivity index (χ0v) is 25.8. The summed E-state index contributed by atoms with van der Waals surface area (Å²) in [5.41, 5.74) is 4.20. The summed E-state index contributed by atoms with van der Waals surface area (Å²) in [7, 11) is 3.56. The first-order valence-corrected chi connectivity index (χ1v) is 16.2. The second-order valence-corrected chi connectivity index (χ2v) is 13.8. The molecular formula is C33H41ClN2O4S. The Morgan fingerprint density at radius 1 is 1.15 bits per heavy atom. The van der Waals surface area contributed by atoms with Gasteiger partial charge in [0.1, 0.15) is 5.75 Å². The number of ether oxygens (including phenoxy) is 3. The second kappa shape index (κ2) is 12.2. The molecule has 6 rings (SSSR count). The maximum absolute atomic E-state index is 13.3. The van der Waals surface area contributed by atoms with Crippen molar-refractivity contribution in [2.45, 2.75) is 68.3 Å². The number of amides is 1. The van der Waals surface area contributed by atoms with E-state index in [1.54, 1.807) is 7.11 Å². The molecule has 2 bridgehead atoms. The Kier molecular flexibility index (Phi) is 8.60. The van der Waals surface area contributed by atoms with Crippen LogP contribution in [0.2, 0.25) is 5.02 Å². The van der Waals surface area contributed by atoms with Crippen LogP contribution in [0.4, 0.5) is 5.69 Å². The molecule has 1 saturated carbocycles. The van der Waals surface area contributed by atoms with Crippen molar-refractivity contribution in [2.24, 2.45) is 11.8 Å². The molecule has 6 nitrogen and oxygen atoms in total. The highest BCUT2D eigenvalue weighted by atomic mass is 35.5. The first-order chi connectivity index (χ1) is 19.9. The first kappa shape index (κ1) is 28.9. The van der Waals surface area contributed by atoms with E-state index in [1.165, 1.54) is 29.5 Å². The lowest BCUT2D eigenvalue weighted by Crippen LogP contribution is -2.49. The number of rotatable bonds is 2. The molecule has 0 aromatic heterocycles. The van der Waals surface area contributed by atoms with E-state index >= 15 is 0 Å². The number of carbonyl (C=O) groups is 1. The molecule has 2 aliphatic carbocycles. The van der Waals surface area contributed by atoms with E-state index in [0.717, 1.165) is 61.7 Å². The molecule has 4 aliphatic rings. The Balaban J connectivity index is 1.39. The maximum atomic E-state index is 13.3. The van der Waals surface area contributed by atoms with Gasteiger partial charge in [-0.15, -0.1) is 0 Å². The summed E-state index contributed by atoms with van der Waals surface area (Å²) in [6.45, 7) is 4.45. The molecule has 2 aromatic rings. The van der Waals surface area contributed by atoms with Crippen LogP contribution in [0.1, 0.15) is 60.5 Å². The fourth-order valence-corrected chi connectivity index (χ4v) is 8.28.